The number of carbonyl (C=O) groups excluding carboxylic acids is 1. The van der Waals surface area contributed by atoms with E-state index in [4.69, 9.17) is 4.74 Å². The Morgan fingerprint density at radius 3 is 2.68 bits per heavy atom. The summed E-state index contributed by atoms with van der Waals surface area (Å²) in [4.78, 5) is 11.9. The van der Waals surface area contributed by atoms with Crippen molar-refractivity contribution in [1.29, 1.82) is 0 Å². The molecule has 19 heavy (non-hydrogen) atoms. The third-order valence-electron chi connectivity index (χ3n) is 2.92. The van der Waals surface area contributed by atoms with Crippen LogP contribution in [0.2, 0.25) is 0 Å². The summed E-state index contributed by atoms with van der Waals surface area (Å²) in [5, 5.41) is 2.89. The van der Waals surface area contributed by atoms with Gasteiger partial charge in [0.2, 0.25) is 0 Å². The van der Waals surface area contributed by atoms with E-state index in [2.05, 4.69) is 12.2 Å². The molecule has 0 radical (unpaired) electrons. The van der Waals surface area contributed by atoms with Gasteiger partial charge in [-0.3, -0.25) is 4.79 Å². The number of amides is 1. The lowest BCUT2D eigenvalue weighted by Crippen LogP contribution is -2.41. The molecule has 1 rings (SSSR count). The molecule has 1 aromatic rings. The van der Waals surface area contributed by atoms with Crippen molar-refractivity contribution in [3.8, 4) is 5.75 Å². The second-order valence-corrected chi connectivity index (χ2v) is 4.87. The molecule has 3 nitrogen and oxygen atoms in total. The Kier molecular flexibility index (Phi) is 5.80. The molecular formula is C15H22FNO2. The van der Waals surface area contributed by atoms with Gasteiger partial charge in [-0.1, -0.05) is 13.3 Å². The number of aryl methyl sites for hydroxylation is 1. The molecule has 1 aromatic carbocycles. The van der Waals surface area contributed by atoms with Crippen LogP contribution in [0.25, 0.3) is 0 Å². The average Bonchev–Trinajstić information content (AvgIpc) is 2.32. The molecule has 0 fully saturated rings. The van der Waals surface area contributed by atoms with Crippen molar-refractivity contribution < 1.29 is 13.9 Å². The molecule has 2 atom stereocenters. The first-order valence-corrected chi connectivity index (χ1v) is 6.67. The topological polar surface area (TPSA) is 38.3 Å². The van der Waals surface area contributed by atoms with Gasteiger partial charge >= 0.3 is 0 Å². The molecule has 0 saturated heterocycles. The zero-order valence-corrected chi connectivity index (χ0v) is 12.0. The lowest BCUT2D eigenvalue weighted by molar-refractivity contribution is -0.127. The predicted molar refractivity (Wildman–Crippen MR) is 73.7 cm³/mol. The number of rotatable bonds is 6. The second-order valence-electron chi connectivity index (χ2n) is 4.87. The smallest absolute Gasteiger partial charge is 0.260 e. The van der Waals surface area contributed by atoms with Crippen LogP contribution in [-0.2, 0) is 4.79 Å². The van der Waals surface area contributed by atoms with Crippen molar-refractivity contribution in [3.05, 3.63) is 29.6 Å². The van der Waals surface area contributed by atoms with Crippen LogP contribution < -0.4 is 10.1 Å². The molecule has 0 spiro atoms. The monoisotopic (exact) mass is 267 g/mol. The normalized spacial score (nSPS) is 13.7. The van der Waals surface area contributed by atoms with Gasteiger partial charge in [0.15, 0.2) is 6.10 Å². The van der Waals surface area contributed by atoms with E-state index in [1.807, 2.05) is 6.92 Å². The fraction of sp³-hybridized carbons (Fsp3) is 0.533. The molecular weight excluding hydrogens is 245 g/mol. The molecule has 0 aliphatic rings. The van der Waals surface area contributed by atoms with Gasteiger partial charge in [-0.25, -0.2) is 4.39 Å². The lowest BCUT2D eigenvalue weighted by atomic mass is 10.2. The molecule has 0 bridgehead atoms. The van der Waals surface area contributed by atoms with Crippen molar-refractivity contribution in [2.24, 2.45) is 0 Å². The Labute approximate surface area is 114 Å². The van der Waals surface area contributed by atoms with E-state index in [0.29, 0.717) is 11.3 Å². The highest BCUT2D eigenvalue weighted by atomic mass is 19.1. The minimum Gasteiger partial charge on any atom is -0.481 e. The molecule has 0 aromatic heterocycles. The van der Waals surface area contributed by atoms with Crippen LogP contribution >= 0.6 is 0 Å². The molecule has 0 saturated carbocycles. The van der Waals surface area contributed by atoms with E-state index >= 15 is 0 Å². The number of nitrogens with one attached hydrogen (secondary N) is 1. The van der Waals surface area contributed by atoms with Crippen LogP contribution in [0, 0.1) is 12.7 Å². The Balaban J connectivity index is 2.58. The number of hydrogen-bond acceptors (Lipinski definition) is 2. The summed E-state index contributed by atoms with van der Waals surface area (Å²) in [6, 6.07) is 4.40. The van der Waals surface area contributed by atoms with Gasteiger partial charge in [-0.05, 0) is 51.0 Å². The molecule has 2 unspecified atom stereocenters. The van der Waals surface area contributed by atoms with Gasteiger partial charge in [0.25, 0.3) is 5.91 Å². The Hall–Kier alpha value is -1.58. The van der Waals surface area contributed by atoms with Crippen molar-refractivity contribution in [2.75, 3.05) is 0 Å². The maximum Gasteiger partial charge on any atom is 0.260 e. The number of benzene rings is 1. The van der Waals surface area contributed by atoms with E-state index < -0.39 is 6.10 Å². The summed E-state index contributed by atoms with van der Waals surface area (Å²) in [7, 11) is 0. The fourth-order valence-electron chi connectivity index (χ4n) is 1.85. The van der Waals surface area contributed by atoms with Crippen LogP contribution in [0.4, 0.5) is 4.39 Å². The van der Waals surface area contributed by atoms with E-state index in [9.17, 15) is 9.18 Å². The standard InChI is InChI=1S/C15H22FNO2/c1-5-6-11(3)17-15(18)12(4)19-14-8-7-13(16)9-10(14)2/h7-9,11-12H,5-6H2,1-4H3,(H,17,18). The molecule has 106 valence electrons. The van der Waals surface area contributed by atoms with Crippen LogP contribution in [-0.4, -0.2) is 18.1 Å². The van der Waals surface area contributed by atoms with Crippen LogP contribution in [0.5, 0.6) is 5.75 Å². The molecule has 1 amide bonds. The van der Waals surface area contributed by atoms with Gasteiger partial charge in [-0.15, -0.1) is 0 Å². The zero-order chi connectivity index (χ0) is 14.4. The molecule has 0 aliphatic heterocycles. The number of carbonyl (C=O) groups is 1. The first-order valence-electron chi connectivity index (χ1n) is 6.67. The zero-order valence-electron chi connectivity index (χ0n) is 12.0. The Bertz CT molecular complexity index is 434. The quantitative estimate of drug-likeness (QED) is 0.859. The SMILES string of the molecule is CCCC(C)NC(=O)C(C)Oc1ccc(F)cc1C. The van der Waals surface area contributed by atoms with Gasteiger partial charge < -0.3 is 10.1 Å². The Morgan fingerprint density at radius 2 is 2.11 bits per heavy atom. The average molecular weight is 267 g/mol. The van der Waals surface area contributed by atoms with Gasteiger partial charge in [0.05, 0.1) is 0 Å². The minimum atomic E-state index is -0.594. The largest absolute Gasteiger partial charge is 0.481 e. The fourth-order valence-corrected chi connectivity index (χ4v) is 1.85. The maximum atomic E-state index is 13.0. The number of hydrogen-bond donors (Lipinski definition) is 1. The van der Waals surface area contributed by atoms with E-state index in [0.717, 1.165) is 12.8 Å². The van der Waals surface area contributed by atoms with Gasteiger partial charge in [-0.2, -0.15) is 0 Å². The van der Waals surface area contributed by atoms with E-state index in [1.54, 1.807) is 19.9 Å². The second kappa shape index (κ2) is 7.12. The molecule has 4 heteroatoms. The summed E-state index contributed by atoms with van der Waals surface area (Å²) < 4.78 is 18.5. The van der Waals surface area contributed by atoms with Crippen LogP contribution in [0.15, 0.2) is 18.2 Å². The van der Waals surface area contributed by atoms with Crippen LogP contribution in [0.3, 0.4) is 0 Å². The summed E-state index contributed by atoms with van der Waals surface area (Å²) in [6.07, 6.45) is 1.37. The van der Waals surface area contributed by atoms with Crippen LogP contribution in [0.1, 0.15) is 39.2 Å². The highest BCUT2D eigenvalue weighted by Crippen LogP contribution is 2.19. The maximum absolute atomic E-state index is 13.0. The van der Waals surface area contributed by atoms with E-state index in [1.165, 1.54) is 12.1 Å². The summed E-state index contributed by atoms with van der Waals surface area (Å²) >= 11 is 0. The number of ether oxygens (including phenoxy) is 1. The first-order chi connectivity index (χ1) is 8.93. The minimum absolute atomic E-state index is 0.137. The summed E-state index contributed by atoms with van der Waals surface area (Å²) in [5.74, 6) is 0.0791. The van der Waals surface area contributed by atoms with Crippen molar-refractivity contribution >= 4 is 5.91 Å². The van der Waals surface area contributed by atoms with Crippen molar-refractivity contribution in [2.45, 2.75) is 52.7 Å². The number of halogens is 1. The molecule has 1 N–H and O–H groups in total. The third kappa shape index (κ3) is 4.89. The summed E-state index contributed by atoms with van der Waals surface area (Å²) in [5.41, 5.74) is 0.682. The summed E-state index contributed by atoms with van der Waals surface area (Å²) in [6.45, 7) is 7.49. The third-order valence-corrected chi connectivity index (χ3v) is 2.92. The van der Waals surface area contributed by atoms with Crippen molar-refractivity contribution in [1.82, 2.24) is 5.32 Å². The Morgan fingerprint density at radius 1 is 1.42 bits per heavy atom. The predicted octanol–water partition coefficient (Wildman–Crippen LogP) is 3.21. The molecule has 0 aliphatic carbocycles. The highest BCUT2D eigenvalue weighted by Gasteiger charge is 2.17. The highest BCUT2D eigenvalue weighted by molar-refractivity contribution is 5.81. The van der Waals surface area contributed by atoms with E-state index in [-0.39, 0.29) is 17.8 Å². The molecule has 0 heterocycles. The van der Waals surface area contributed by atoms with Gasteiger partial charge in [0, 0.05) is 6.04 Å². The van der Waals surface area contributed by atoms with Crippen molar-refractivity contribution in [3.63, 3.8) is 0 Å². The van der Waals surface area contributed by atoms with Gasteiger partial charge in [0.1, 0.15) is 11.6 Å². The first kappa shape index (κ1) is 15.5. The lowest BCUT2D eigenvalue weighted by Gasteiger charge is -2.19.